The molecule has 6 heteroatoms. The Morgan fingerprint density at radius 2 is 1.81 bits per heavy atom. The zero-order valence-corrected chi connectivity index (χ0v) is 17.0. The van der Waals surface area contributed by atoms with Crippen LogP contribution in [0.4, 0.5) is 9.18 Å². The van der Waals surface area contributed by atoms with Crippen molar-refractivity contribution in [1.29, 1.82) is 0 Å². The molecule has 1 heterocycles. The smallest absolute Gasteiger partial charge is 0.329 e. The van der Waals surface area contributed by atoms with Crippen molar-refractivity contribution in [2.75, 3.05) is 0 Å². The number of nitrogens with one attached hydrogen (secondary N) is 1. The highest BCUT2D eigenvalue weighted by atomic mass is 19.1. The van der Waals surface area contributed by atoms with Crippen molar-refractivity contribution in [1.82, 2.24) is 10.2 Å². The lowest BCUT2D eigenvalue weighted by atomic mass is 10.1. The van der Waals surface area contributed by atoms with Gasteiger partial charge in [-0.3, -0.25) is 9.69 Å². The Labute approximate surface area is 179 Å². The molecule has 3 aromatic carbocycles. The fourth-order valence-electron chi connectivity index (χ4n) is 3.35. The molecule has 0 aromatic heterocycles. The number of aryl methyl sites for hydroxylation is 1. The van der Waals surface area contributed by atoms with Gasteiger partial charge in [-0.2, -0.15) is 0 Å². The summed E-state index contributed by atoms with van der Waals surface area (Å²) >= 11 is 0. The molecule has 1 aliphatic rings. The maximum Gasteiger partial charge on any atom is 0.329 e. The summed E-state index contributed by atoms with van der Waals surface area (Å²) in [5.74, 6) is -0.177. The van der Waals surface area contributed by atoms with Gasteiger partial charge in [0, 0.05) is 5.56 Å². The third kappa shape index (κ3) is 4.80. The van der Waals surface area contributed by atoms with Gasteiger partial charge in [0.1, 0.15) is 23.9 Å². The fourth-order valence-corrected chi connectivity index (χ4v) is 3.35. The molecule has 4 rings (SSSR count). The second-order valence-electron chi connectivity index (χ2n) is 7.32. The number of nitrogens with zero attached hydrogens (tertiary/aromatic N) is 1. The molecule has 1 fully saturated rings. The van der Waals surface area contributed by atoms with E-state index in [1.807, 2.05) is 31.2 Å². The molecule has 0 spiro atoms. The SMILES string of the molecule is Cc1cccc(CN2C(=O)N/C(=C/c3cccc(OCc4ccccc4F)c3)C2=O)c1. The number of amides is 3. The topological polar surface area (TPSA) is 58.6 Å². The van der Waals surface area contributed by atoms with Crippen LogP contribution in [0.3, 0.4) is 0 Å². The van der Waals surface area contributed by atoms with Crippen LogP contribution in [0, 0.1) is 12.7 Å². The predicted octanol–water partition coefficient (Wildman–Crippen LogP) is 4.81. The molecule has 0 radical (unpaired) electrons. The molecule has 0 unspecified atom stereocenters. The largest absolute Gasteiger partial charge is 0.489 e. The standard InChI is InChI=1S/C25H21FN2O3/c1-17-6-4-8-19(12-17)15-28-24(29)23(27-25(28)30)14-18-7-5-10-21(13-18)31-16-20-9-2-3-11-22(20)26/h2-14H,15-16H2,1H3,(H,27,30)/b23-14+. The van der Waals surface area contributed by atoms with Crippen molar-refractivity contribution in [2.24, 2.45) is 0 Å². The van der Waals surface area contributed by atoms with Gasteiger partial charge in [-0.25, -0.2) is 9.18 Å². The first kappa shape index (κ1) is 20.3. The minimum atomic E-state index is -0.454. The van der Waals surface area contributed by atoms with Gasteiger partial charge >= 0.3 is 6.03 Å². The third-order valence-electron chi connectivity index (χ3n) is 4.91. The fraction of sp³-hybridized carbons (Fsp3) is 0.120. The van der Waals surface area contributed by atoms with Crippen LogP contribution in [0.5, 0.6) is 5.75 Å². The molecule has 0 bridgehead atoms. The Bertz CT molecular complexity index is 1170. The van der Waals surface area contributed by atoms with Gasteiger partial charge in [-0.15, -0.1) is 0 Å². The number of hydrogen-bond acceptors (Lipinski definition) is 3. The van der Waals surface area contributed by atoms with E-state index in [4.69, 9.17) is 4.74 Å². The van der Waals surface area contributed by atoms with E-state index < -0.39 is 6.03 Å². The number of rotatable bonds is 6. The van der Waals surface area contributed by atoms with Crippen LogP contribution in [0.15, 0.2) is 78.5 Å². The molecule has 1 saturated heterocycles. The summed E-state index contributed by atoms with van der Waals surface area (Å²) in [6.45, 7) is 2.25. The summed E-state index contributed by atoms with van der Waals surface area (Å²) in [5.41, 5.74) is 3.29. The van der Waals surface area contributed by atoms with Gasteiger partial charge in [-0.1, -0.05) is 60.2 Å². The molecular weight excluding hydrogens is 395 g/mol. The number of carbonyl (C=O) groups is 2. The molecule has 3 aromatic rings. The minimum absolute atomic E-state index is 0.0899. The summed E-state index contributed by atoms with van der Waals surface area (Å²) in [7, 11) is 0. The third-order valence-corrected chi connectivity index (χ3v) is 4.91. The molecular formula is C25H21FN2O3. The van der Waals surface area contributed by atoms with E-state index >= 15 is 0 Å². The Hall–Kier alpha value is -3.93. The van der Waals surface area contributed by atoms with E-state index in [9.17, 15) is 14.0 Å². The van der Waals surface area contributed by atoms with E-state index in [0.717, 1.165) is 11.1 Å². The van der Waals surface area contributed by atoms with Crippen LogP contribution in [-0.4, -0.2) is 16.8 Å². The second-order valence-corrected chi connectivity index (χ2v) is 7.32. The first-order chi connectivity index (χ1) is 15.0. The van der Waals surface area contributed by atoms with E-state index in [2.05, 4.69) is 5.32 Å². The van der Waals surface area contributed by atoms with E-state index in [1.165, 1.54) is 11.0 Å². The molecule has 156 valence electrons. The molecule has 3 amide bonds. The maximum absolute atomic E-state index is 13.8. The van der Waals surface area contributed by atoms with Crippen molar-refractivity contribution < 1.29 is 18.7 Å². The Balaban J connectivity index is 1.47. The van der Waals surface area contributed by atoms with Crippen LogP contribution in [-0.2, 0) is 17.9 Å². The van der Waals surface area contributed by atoms with Crippen molar-refractivity contribution >= 4 is 18.0 Å². The number of imide groups is 1. The van der Waals surface area contributed by atoms with E-state index in [0.29, 0.717) is 16.9 Å². The number of ether oxygens (including phenoxy) is 1. The Morgan fingerprint density at radius 3 is 2.61 bits per heavy atom. The first-order valence-electron chi connectivity index (χ1n) is 9.86. The molecule has 1 aliphatic heterocycles. The number of benzene rings is 3. The summed E-state index contributed by atoms with van der Waals surface area (Å²) in [6, 6.07) is 20.7. The normalized spacial score (nSPS) is 14.8. The number of urea groups is 1. The average Bonchev–Trinajstić information content (AvgIpc) is 3.01. The molecule has 5 nitrogen and oxygen atoms in total. The molecule has 0 aliphatic carbocycles. The zero-order chi connectivity index (χ0) is 21.8. The molecule has 0 atom stereocenters. The lowest BCUT2D eigenvalue weighted by Gasteiger charge is -2.12. The van der Waals surface area contributed by atoms with Crippen LogP contribution in [0.25, 0.3) is 6.08 Å². The van der Waals surface area contributed by atoms with E-state index in [-0.39, 0.29) is 30.6 Å². The quantitative estimate of drug-likeness (QED) is 0.464. The number of halogens is 1. The van der Waals surface area contributed by atoms with Crippen LogP contribution in [0.2, 0.25) is 0 Å². The summed E-state index contributed by atoms with van der Waals surface area (Å²) in [4.78, 5) is 26.2. The predicted molar refractivity (Wildman–Crippen MR) is 115 cm³/mol. The lowest BCUT2D eigenvalue weighted by Crippen LogP contribution is -2.30. The van der Waals surface area contributed by atoms with Crippen molar-refractivity contribution in [3.8, 4) is 5.75 Å². The summed E-state index contributed by atoms with van der Waals surface area (Å²) in [6.07, 6.45) is 1.60. The molecule has 1 N–H and O–H groups in total. The zero-order valence-electron chi connectivity index (χ0n) is 17.0. The van der Waals surface area contributed by atoms with E-state index in [1.54, 1.807) is 48.5 Å². The van der Waals surface area contributed by atoms with Crippen molar-refractivity contribution in [3.05, 3.63) is 107 Å². The number of hydrogen-bond donors (Lipinski definition) is 1. The highest BCUT2D eigenvalue weighted by Crippen LogP contribution is 2.21. The molecule has 31 heavy (non-hydrogen) atoms. The maximum atomic E-state index is 13.8. The van der Waals surface area contributed by atoms with Crippen LogP contribution in [0.1, 0.15) is 22.3 Å². The monoisotopic (exact) mass is 416 g/mol. The second kappa shape index (κ2) is 8.83. The van der Waals surface area contributed by atoms with Crippen LogP contribution >= 0.6 is 0 Å². The first-order valence-corrected chi connectivity index (χ1v) is 9.86. The van der Waals surface area contributed by atoms with Gasteiger partial charge < -0.3 is 10.1 Å². The van der Waals surface area contributed by atoms with Gasteiger partial charge in [0.25, 0.3) is 5.91 Å². The van der Waals surface area contributed by atoms with Gasteiger partial charge in [-0.05, 0) is 42.3 Å². The van der Waals surface area contributed by atoms with Crippen molar-refractivity contribution in [2.45, 2.75) is 20.1 Å². The Morgan fingerprint density at radius 1 is 1.00 bits per heavy atom. The summed E-state index contributed by atoms with van der Waals surface area (Å²) in [5, 5.41) is 2.63. The average molecular weight is 416 g/mol. The van der Waals surface area contributed by atoms with Crippen molar-refractivity contribution in [3.63, 3.8) is 0 Å². The minimum Gasteiger partial charge on any atom is -0.489 e. The van der Waals surface area contributed by atoms with Gasteiger partial charge in [0.2, 0.25) is 0 Å². The Kier molecular flexibility index (Phi) is 5.80. The summed E-state index contributed by atoms with van der Waals surface area (Å²) < 4.78 is 19.5. The highest BCUT2D eigenvalue weighted by molar-refractivity contribution is 6.13. The van der Waals surface area contributed by atoms with Gasteiger partial charge in [0.15, 0.2) is 0 Å². The van der Waals surface area contributed by atoms with Crippen LogP contribution < -0.4 is 10.1 Å². The number of carbonyl (C=O) groups excluding carboxylic acids is 2. The molecule has 0 saturated carbocycles. The lowest BCUT2D eigenvalue weighted by molar-refractivity contribution is -0.123. The van der Waals surface area contributed by atoms with Gasteiger partial charge in [0.05, 0.1) is 6.54 Å². The highest BCUT2D eigenvalue weighted by Gasteiger charge is 2.33.